The topological polar surface area (TPSA) is 71.0 Å². The number of aliphatic carboxylic acids is 1. The lowest BCUT2D eigenvalue weighted by molar-refractivity contribution is -0.136. The Morgan fingerprint density at radius 1 is 1.05 bits per heavy atom. The third kappa shape index (κ3) is 7.95. The van der Waals surface area contributed by atoms with E-state index in [-0.39, 0.29) is 6.54 Å². The maximum atomic E-state index is 10.8. The van der Waals surface area contributed by atoms with Gasteiger partial charge in [-0.25, -0.2) is 0 Å². The van der Waals surface area contributed by atoms with Gasteiger partial charge in [0, 0.05) is 26.2 Å². The quantitative estimate of drug-likeness (QED) is 0.265. The van der Waals surface area contributed by atoms with Gasteiger partial charge in [0.05, 0.1) is 24.8 Å². The van der Waals surface area contributed by atoms with Gasteiger partial charge in [-0.2, -0.15) is 0 Å². The lowest BCUT2D eigenvalue weighted by Crippen LogP contribution is -2.36. The zero-order valence-electron chi connectivity index (χ0n) is 23.6. The van der Waals surface area contributed by atoms with Gasteiger partial charge in [-0.05, 0) is 83.8 Å². The molecule has 1 fully saturated rings. The fourth-order valence-corrected chi connectivity index (χ4v) is 5.25. The predicted octanol–water partition coefficient (Wildman–Crippen LogP) is 6.42. The van der Waals surface area contributed by atoms with Gasteiger partial charge in [-0.1, -0.05) is 60.2 Å². The number of nitrogens with one attached hydrogen (secondary N) is 1. The summed E-state index contributed by atoms with van der Waals surface area (Å²) in [6, 6.07) is 16.6. The van der Waals surface area contributed by atoms with E-state index in [2.05, 4.69) is 72.6 Å². The van der Waals surface area contributed by atoms with Crippen molar-refractivity contribution in [2.75, 3.05) is 39.4 Å². The monoisotopic (exact) mass is 562 g/mol. The van der Waals surface area contributed by atoms with Crippen molar-refractivity contribution in [1.29, 1.82) is 0 Å². The summed E-state index contributed by atoms with van der Waals surface area (Å²) in [5.74, 6) is -0.273. The van der Waals surface area contributed by atoms with Crippen LogP contribution in [0.15, 0.2) is 54.6 Å². The molecule has 6 nitrogen and oxygen atoms in total. The fourth-order valence-electron chi connectivity index (χ4n) is 5.01. The molecule has 4 rings (SSSR count). The number of benzene rings is 3. The van der Waals surface area contributed by atoms with Crippen LogP contribution in [0.3, 0.4) is 0 Å². The van der Waals surface area contributed by atoms with Crippen LogP contribution in [0.4, 0.5) is 0 Å². The number of aryl methyl sites for hydroxylation is 1. The van der Waals surface area contributed by atoms with E-state index < -0.39 is 5.97 Å². The molecule has 2 N–H and O–H groups in total. The summed E-state index contributed by atoms with van der Waals surface area (Å²) in [6.07, 6.45) is 5.54. The fraction of sp³-hybridized carbons (Fsp3) is 0.364. The van der Waals surface area contributed by atoms with Crippen LogP contribution < -0.4 is 10.1 Å². The first kappa shape index (κ1) is 29.8. The Hall–Kier alpha value is -3.16. The van der Waals surface area contributed by atoms with E-state index in [1.807, 2.05) is 19.1 Å². The molecule has 0 aromatic heterocycles. The van der Waals surface area contributed by atoms with Crippen molar-refractivity contribution >= 4 is 23.6 Å². The highest BCUT2D eigenvalue weighted by Gasteiger charge is 2.13. The number of carboxylic acids is 1. The number of hydrogen-bond donors (Lipinski definition) is 2. The predicted molar refractivity (Wildman–Crippen MR) is 162 cm³/mol. The van der Waals surface area contributed by atoms with Gasteiger partial charge in [-0.3, -0.25) is 9.69 Å². The molecule has 7 heteroatoms. The van der Waals surface area contributed by atoms with Crippen LogP contribution in [-0.2, 0) is 22.7 Å². The molecule has 212 valence electrons. The summed E-state index contributed by atoms with van der Waals surface area (Å²) >= 11 is 6.53. The lowest BCUT2D eigenvalue weighted by Gasteiger charge is -2.25. The summed E-state index contributed by atoms with van der Waals surface area (Å²) in [5, 5.41) is 12.3. The van der Waals surface area contributed by atoms with Crippen LogP contribution in [-0.4, -0.2) is 55.4 Å². The average molecular weight is 563 g/mol. The first-order valence-electron chi connectivity index (χ1n) is 13.8. The Balaban J connectivity index is 1.44. The molecule has 0 aliphatic carbocycles. The maximum Gasteiger partial charge on any atom is 0.317 e. The Morgan fingerprint density at radius 2 is 1.77 bits per heavy atom. The zero-order valence-corrected chi connectivity index (χ0v) is 24.4. The minimum Gasteiger partial charge on any atom is -0.487 e. The summed E-state index contributed by atoms with van der Waals surface area (Å²) in [6.45, 7) is 11.8. The minimum absolute atomic E-state index is 0.0987. The second-order valence-electron chi connectivity index (χ2n) is 10.2. The first-order chi connectivity index (χ1) is 19.3. The molecular weight excluding hydrogens is 524 g/mol. The van der Waals surface area contributed by atoms with E-state index in [1.165, 1.54) is 27.8 Å². The van der Waals surface area contributed by atoms with Crippen LogP contribution >= 0.6 is 11.6 Å². The number of hydrogen-bond acceptors (Lipinski definition) is 5. The van der Waals surface area contributed by atoms with E-state index >= 15 is 0 Å². The van der Waals surface area contributed by atoms with E-state index in [1.54, 1.807) is 0 Å². The van der Waals surface area contributed by atoms with E-state index in [0.29, 0.717) is 23.9 Å². The van der Waals surface area contributed by atoms with Crippen LogP contribution in [0.1, 0.15) is 39.8 Å². The molecule has 1 heterocycles. The summed E-state index contributed by atoms with van der Waals surface area (Å²) in [7, 11) is 0. The van der Waals surface area contributed by atoms with Gasteiger partial charge in [0.1, 0.15) is 12.4 Å². The van der Waals surface area contributed by atoms with Crippen LogP contribution in [0.2, 0.25) is 5.02 Å². The number of carbonyl (C=O) groups is 1. The van der Waals surface area contributed by atoms with E-state index in [9.17, 15) is 4.79 Å². The van der Waals surface area contributed by atoms with Crippen LogP contribution in [0, 0.1) is 20.8 Å². The number of morpholine rings is 1. The zero-order chi connectivity index (χ0) is 28.5. The number of rotatable bonds is 12. The normalized spacial score (nSPS) is 14.1. The summed E-state index contributed by atoms with van der Waals surface area (Å²) < 4.78 is 11.6. The van der Waals surface area contributed by atoms with Crippen molar-refractivity contribution < 1.29 is 19.4 Å². The Morgan fingerprint density at radius 3 is 2.52 bits per heavy atom. The Bertz CT molecular complexity index is 1350. The minimum atomic E-state index is -0.890. The Kier molecular flexibility index (Phi) is 10.8. The number of ether oxygens (including phenoxy) is 2. The van der Waals surface area contributed by atoms with Crippen molar-refractivity contribution in [3.63, 3.8) is 0 Å². The molecule has 1 aliphatic rings. The third-order valence-corrected chi connectivity index (χ3v) is 7.79. The SMILES string of the molecule is Cc1cc(OCc2cccc(-c3cccc(/C=C/CCN4CCOCC4)c3C)c2C)c(Cl)cc1CNCC(=O)O. The molecule has 0 bridgehead atoms. The van der Waals surface area contributed by atoms with Crippen molar-refractivity contribution in [1.82, 2.24) is 10.2 Å². The van der Waals surface area contributed by atoms with E-state index in [0.717, 1.165) is 56.0 Å². The molecule has 3 aromatic rings. The smallest absolute Gasteiger partial charge is 0.317 e. The standard InChI is InChI=1S/C33H39ClN2O4/c1-23-18-32(31(34)19-28(23)20-35-21-33(37)38)40-22-27-10-7-12-30(25(27)3)29-11-6-9-26(24(29)2)8-4-5-13-36-14-16-39-17-15-36/h4,6-12,18-19,35H,5,13-17,20-22H2,1-3H3,(H,37,38)/b8-4+. The van der Waals surface area contributed by atoms with Crippen molar-refractivity contribution in [2.45, 2.75) is 40.3 Å². The first-order valence-corrected chi connectivity index (χ1v) is 14.2. The average Bonchev–Trinajstić information content (AvgIpc) is 2.94. The van der Waals surface area contributed by atoms with E-state index in [4.69, 9.17) is 26.2 Å². The van der Waals surface area contributed by atoms with Gasteiger partial charge in [0.15, 0.2) is 0 Å². The number of nitrogens with zero attached hydrogens (tertiary/aromatic N) is 1. The molecule has 0 radical (unpaired) electrons. The van der Waals surface area contributed by atoms with Gasteiger partial charge < -0.3 is 19.9 Å². The molecule has 0 amide bonds. The molecule has 0 unspecified atom stereocenters. The summed E-state index contributed by atoms with van der Waals surface area (Å²) in [4.78, 5) is 13.2. The highest BCUT2D eigenvalue weighted by atomic mass is 35.5. The molecule has 1 aliphatic heterocycles. The molecule has 40 heavy (non-hydrogen) atoms. The van der Waals surface area contributed by atoms with Gasteiger partial charge in [0.2, 0.25) is 0 Å². The number of halogens is 1. The molecule has 0 spiro atoms. The molecule has 0 saturated carbocycles. The molecule has 0 atom stereocenters. The Labute approximate surface area is 242 Å². The van der Waals surface area contributed by atoms with Gasteiger partial charge in [0.25, 0.3) is 0 Å². The second-order valence-corrected chi connectivity index (χ2v) is 10.7. The van der Waals surface area contributed by atoms with Crippen molar-refractivity contribution in [2.24, 2.45) is 0 Å². The molecule has 3 aromatic carbocycles. The van der Waals surface area contributed by atoms with Crippen LogP contribution in [0.25, 0.3) is 17.2 Å². The largest absolute Gasteiger partial charge is 0.487 e. The van der Waals surface area contributed by atoms with Crippen LogP contribution in [0.5, 0.6) is 5.75 Å². The maximum absolute atomic E-state index is 10.8. The number of carboxylic acid groups (broad SMARTS) is 1. The van der Waals surface area contributed by atoms with Gasteiger partial charge >= 0.3 is 5.97 Å². The van der Waals surface area contributed by atoms with Crippen molar-refractivity contribution in [3.05, 3.63) is 93.0 Å². The van der Waals surface area contributed by atoms with Crippen molar-refractivity contribution in [3.8, 4) is 16.9 Å². The van der Waals surface area contributed by atoms with Gasteiger partial charge in [-0.15, -0.1) is 0 Å². The highest BCUT2D eigenvalue weighted by molar-refractivity contribution is 6.32. The highest BCUT2D eigenvalue weighted by Crippen LogP contribution is 2.33. The molecule has 1 saturated heterocycles. The lowest BCUT2D eigenvalue weighted by atomic mass is 9.91. The third-order valence-electron chi connectivity index (χ3n) is 7.49. The summed E-state index contributed by atoms with van der Waals surface area (Å²) in [5.41, 5.74) is 9.14. The second kappa shape index (κ2) is 14.5. The molecular formula is C33H39ClN2O4.